The van der Waals surface area contributed by atoms with Gasteiger partial charge in [-0.05, 0) is 36.4 Å². The average molecular weight is 343 g/mol. The normalized spacial score (nSPS) is 10.4. The largest absolute Gasteiger partial charge is 0.497 e. The number of carbonyl (C=O) groups excluding carboxylic acids is 1. The van der Waals surface area contributed by atoms with E-state index in [1.54, 1.807) is 13.2 Å². The number of methoxy groups -OCH3 is 1. The Morgan fingerprint density at radius 1 is 1.25 bits per heavy atom. The molecule has 0 bridgehead atoms. The van der Waals surface area contributed by atoms with Gasteiger partial charge in [-0.3, -0.25) is 4.79 Å². The summed E-state index contributed by atoms with van der Waals surface area (Å²) in [4.78, 5) is 17.0. The molecule has 0 unspecified atom stereocenters. The van der Waals surface area contributed by atoms with Gasteiger partial charge < -0.3 is 15.8 Å². The number of benzene rings is 2. The summed E-state index contributed by atoms with van der Waals surface area (Å²) in [6.45, 7) is 0. The zero-order valence-corrected chi connectivity index (χ0v) is 13.6. The van der Waals surface area contributed by atoms with E-state index in [2.05, 4.69) is 10.3 Å². The maximum absolute atomic E-state index is 13.0. The average Bonchev–Trinajstić information content (AvgIpc) is 2.95. The standard InChI is InChI=1S/C17H14FN3O2S/c1-23-13-4-2-3-12(9-13)20-17-21-16(19)15(24-17)14(22)10-5-7-11(18)8-6-10/h2-9H,19H2,1H3,(H,20,21). The smallest absolute Gasteiger partial charge is 0.206 e. The number of ketones is 1. The Labute approximate surface area is 141 Å². The first-order chi connectivity index (χ1) is 11.6. The van der Waals surface area contributed by atoms with Crippen molar-refractivity contribution in [1.82, 2.24) is 4.98 Å². The van der Waals surface area contributed by atoms with Gasteiger partial charge >= 0.3 is 0 Å². The third-order valence-corrected chi connectivity index (χ3v) is 4.27. The summed E-state index contributed by atoms with van der Waals surface area (Å²) in [7, 11) is 1.58. The number of ether oxygens (including phenoxy) is 1. The predicted molar refractivity (Wildman–Crippen MR) is 92.6 cm³/mol. The Morgan fingerprint density at radius 2 is 2.00 bits per heavy atom. The van der Waals surface area contributed by atoms with Crippen LogP contribution in [0, 0.1) is 5.82 Å². The number of nitrogens with two attached hydrogens (primary N) is 1. The number of rotatable bonds is 5. The number of anilines is 3. The molecule has 0 aliphatic heterocycles. The van der Waals surface area contributed by atoms with Crippen LogP contribution in [-0.2, 0) is 0 Å². The maximum atomic E-state index is 13.0. The molecule has 0 spiro atoms. The van der Waals surface area contributed by atoms with Gasteiger partial charge in [0.15, 0.2) is 5.13 Å². The second kappa shape index (κ2) is 6.67. The van der Waals surface area contributed by atoms with Crippen molar-refractivity contribution in [2.45, 2.75) is 0 Å². The van der Waals surface area contributed by atoms with E-state index in [0.29, 0.717) is 21.3 Å². The van der Waals surface area contributed by atoms with E-state index in [-0.39, 0.29) is 11.6 Å². The van der Waals surface area contributed by atoms with Crippen molar-refractivity contribution in [3.8, 4) is 5.75 Å². The molecule has 0 atom stereocenters. The van der Waals surface area contributed by atoms with E-state index in [1.807, 2.05) is 18.2 Å². The minimum absolute atomic E-state index is 0.139. The second-order valence-electron chi connectivity index (χ2n) is 4.93. The molecule has 3 rings (SSSR count). The van der Waals surface area contributed by atoms with Crippen LogP contribution in [0.3, 0.4) is 0 Å². The molecule has 1 heterocycles. The van der Waals surface area contributed by atoms with Gasteiger partial charge in [0.05, 0.1) is 7.11 Å². The summed E-state index contributed by atoms with van der Waals surface area (Å²) in [5.41, 5.74) is 6.99. The van der Waals surface area contributed by atoms with Crippen molar-refractivity contribution in [2.75, 3.05) is 18.2 Å². The lowest BCUT2D eigenvalue weighted by molar-refractivity contribution is 0.104. The molecule has 0 fully saturated rings. The van der Waals surface area contributed by atoms with Crippen LogP contribution >= 0.6 is 11.3 Å². The van der Waals surface area contributed by atoms with Crippen molar-refractivity contribution >= 4 is 33.8 Å². The summed E-state index contributed by atoms with van der Waals surface area (Å²) >= 11 is 1.14. The molecule has 0 radical (unpaired) electrons. The van der Waals surface area contributed by atoms with E-state index in [0.717, 1.165) is 17.0 Å². The fourth-order valence-electron chi connectivity index (χ4n) is 2.10. The maximum Gasteiger partial charge on any atom is 0.206 e. The van der Waals surface area contributed by atoms with E-state index in [1.165, 1.54) is 24.3 Å². The highest BCUT2D eigenvalue weighted by Crippen LogP contribution is 2.30. The first-order valence-electron chi connectivity index (χ1n) is 7.04. The van der Waals surface area contributed by atoms with Gasteiger partial charge in [0, 0.05) is 17.3 Å². The number of carbonyl (C=O) groups is 1. The SMILES string of the molecule is COc1cccc(Nc2nc(N)c(C(=O)c3ccc(F)cc3)s2)c1. The van der Waals surface area contributed by atoms with Gasteiger partial charge in [0.25, 0.3) is 0 Å². The number of nitrogen functional groups attached to an aromatic ring is 1. The zero-order chi connectivity index (χ0) is 17.1. The number of hydrogen-bond donors (Lipinski definition) is 2. The van der Waals surface area contributed by atoms with Crippen LogP contribution in [0.1, 0.15) is 15.2 Å². The topological polar surface area (TPSA) is 77.2 Å². The third-order valence-electron chi connectivity index (χ3n) is 3.29. The molecule has 3 aromatic rings. The lowest BCUT2D eigenvalue weighted by atomic mass is 10.1. The Kier molecular flexibility index (Phi) is 4.43. The molecule has 0 aliphatic carbocycles. The molecule has 3 N–H and O–H groups in total. The molecule has 0 amide bonds. The van der Waals surface area contributed by atoms with Crippen molar-refractivity contribution in [2.24, 2.45) is 0 Å². The third kappa shape index (κ3) is 3.36. The lowest BCUT2D eigenvalue weighted by Crippen LogP contribution is -2.02. The number of halogens is 1. The van der Waals surface area contributed by atoms with Gasteiger partial charge in [-0.15, -0.1) is 0 Å². The molecule has 0 saturated heterocycles. The molecule has 0 aliphatic rings. The van der Waals surface area contributed by atoms with E-state index in [9.17, 15) is 9.18 Å². The van der Waals surface area contributed by atoms with Gasteiger partial charge in [-0.25, -0.2) is 9.37 Å². The monoisotopic (exact) mass is 343 g/mol. The van der Waals surface area contributed by atoms with Crippen molar-refractivity contribution < 1.29 is 13.9 Å². The molecule has 0 saturated carbocycles. The predicted octanol–water partition coefficient (Wildman–Crippen LogP) is 3.85. The van der Waals surface area contributed by atoms with Crippen LogP contribution in [0.4, 0.5) is 21.0 Å². The highest BCUT2D eigenvalue weighted by molar-refractivity contribution is 7.18. The Balaban J connectivity index is 1.84. The van der Waals surface area contributed by atoms with Gasteiger partial charge in [0.2, 0.25) is 5.78 Å². The van der Waals surface area contributed by atoms with Crippen molar-refractivity contribution in [1.29, 1.82) is 0 Å². The summed E-state index contributed by atoms with van der Waals surface area (Å²) in [6.07, 6.45) is 0. The Bertz CT molecular complexity index is 878. The van der Waals surface area contributed by atoms with Crippen LogP contribution in [-0.4, -0.2) is 17.9 Å². The Hall–Kier alpha value is -2.93. The number of aromatic nitrogens is 1. The molecule has 24 heavy (non-hydrogen) atoms. The molecular formula is C17H14FN3O2S. The van der Waals surface area contributed by atoms with Crippen LogP contribution in [0.25, 0.3) is 0 Å². The van der Waals surface area contributed by atoms with E-state index >= 15 is 0 Å². The van der Waals surface area contributed by atoms with Crippen LogP contribution in [0.5, 0.6) is 5.75 Å². The van der Waals surface area contributed by atoms with Crippen molar-refractivity contribution in [3.63, 3.8) is 0 Å². The fourth-order valence-corrected chi connectivity index (χ4v) is 2.97. The number of hydrogen-bond acceptors (Lipinski definition) is 6. The molecule has 5 nitrogen and oxygen atoms in total. The van der Waals surface area contributed by atoms with Crippen molar-refractivity contribution in [3.05, 3.63) is 64.8 Å². The summed E-state index contributed by atoms with van der Waals surface area (Å²) in [5, 5.41) is 3.58. The highest BCUT2D eigenvalue weighted by Gasteiger charge is 2.18. The summed E-state index contributed by atoms with van der Waals surface area (Å²) < 4.78 is 18.1. The summed E-state index contributed by atoms with van der Waals surface area (Å²) in [6, 6.07) is 12.6. The number of thiazole rings is 1. The first kappa shape index (κ1) is 15.9. The fraction of sp³-hybridized carbons (Fsp3) is 0.0588. The minimum Gasteiger partial charge on any atom is -0.497 e. The van der Waals surface area contributed by atoms with Crippen LogP contribution in [0.15, 0.2) is 48.5 Å². The molecule has 1 aromatic heterocycles. The van der Waals surface area contributed by atoms with Crippen LogP contribution < -0.4 is 15.8 Å². The number of nitrogens with zero attached hydrogens (tertiary/aromatic N) is 1. The zero-order valence-electron chi connectivity index (χ0n) is 12.7. The lowest BCUT2D eigenvalue weighted by Gasteiger charge is -2.04. The van der Waals surface area contributed by atoms with E-state index in [4.69, 9.17) is 10.5 Å². The summed E-state index contributed by atoms with van der Waals surface area (Å²) in [5.74, 6) is 0.153. The van der Waals surface area contributed by atoms with E-state index < -0.39 is 5.82 Å². The minimum atomic E-state index is -0.399. The first-order valence-corrected chi connectivity index (χ1v) is 7.86. The van der Waals surface area contributed by atoms with Gasteiger partial charge in [0.1, 0.15) is 22.3 Å². The molecule has 122 valence electrons. The van der Waals surface area contributed by atoms with Gasteiger partial charge in [-0.1, -0.05) is 17.4 Å². The number of nitrogens with one attached hydrogen (secondary N) is 1. The highest BCUT2D eigenvalue weighted by atomic mass is 32.1. The molecule has 2 aromatic carbocycles. The quantitative estimate of drug-likeness (QED) is 0.688. The Morgan fingerprint density at radius 3 is 2.71 bits per heavy atom. The molecule has 7 heteroatoms. The second-order valence-corrected chi connectivity index (χ2v) is 5.93. The van der Waals surface area contributed by atoms with Gasteiger partial charge in [-0.2, -0.15) is 0 Å². The molecular weight excluding hydrogens is 329 g/mol. The van der Waals surface area contributed by atoms with Crippen LogP contribution in [0.2, 0.25) is 0 Å².